The lowest BCUT2D eigenvalue weighted by Crippen LogP contribution is -2.13. The molecule has 26 heavy (non-hydrogen) atoms. The van der Waals surface area contributed by atoms with Crippen molar-refractivity contribution >= 4 is 28.7 Å². The fourth-order valence-electron chi connectivity index (χ4n) is 2.83. The first kappa shape index (κ1) is 18.1. The zero-order chi connectivity index (χ0) is 18.7. The van der Waals surface area contributed by atoms with Crippen LogP contribution in [0, 0.1) is 0 Å². The Bertz CT molecular complexity index is 991. The van der Waals surface area contributed by atoms with E-state index in [9.17, 15) is 14.7 Å². The number of thioether (sulfide) groups is 1. The van der Waals surface area contributed by atoms with E-state index in [1.807, 2.05) is 30.5 Å². The van der Waals surface area contributed by atoms with Crippen LogP contribution in [0.1, 0.15) is 23.7 Å². The average molecular weight is 370 g/mol. The maximum absolute atomic E-state index is 12.5. The molecule has 3 aromatic rings. The molecule has 0 amide bonds. The highest BCUT2D eigenvalue weighted by Crippen LogP contribution is 2.35. The molecule has 5 nitrogen and oxygen atoms in total. The van der Waals surface area contributed by atoms with E-state index in [-0.39, 0.29) is 12.2 Å². The molecule has 0 aliphatic rings. The third-order valence-corrected chi connectivity index (χ3v) is 4.98. The first-order valence-corrected chi connectivity index (χ1v) is 9.23. The number of rotatable bonds is 5. The van der Waals surface area contributed by atoms with Gasteiger partial charge in [0, 0.05) is 4.90 Å². The molecule has 0 saturated carbocycles. The highest BCUT2D eigenvalue weighted by molar-refractivity contribution is 7.98. The summed E-state index contributed by atoms with van der Waals surface area (Å²) in [5.41, 5.74) is 0.597. The van der Waals surface area contributed by atoms with Crippen LogP contribution < -0.4 is 5.43 Å². The predicted octanol–water partition coefficient (Wildman–Crippen LogP) is 3.92. The SMILES string of the molecule is COC(=O)C[C@@H](c1ccc(SC)cc1)c1oc2ccccc2c(=O)c1O. The molecule has 0 aliphatic carbocycles. The van der Waals surface area contributed by atoms with Crippen molar-refractivity contribution in [1.29, 1.82) is 0 Å². The number of esters is 1. The van der Waals surface area contributed by atoms with Gasteiger partial charge in [-0.3, -0.25) is 9.59 Å². The van der Waals surface area contributed by atoms with Gasteiger partial charge >= 0.3 is 5.97 Å². The summed E-state index contributed by atoms with van der Waals surface area (Å²) in [6.45, 7) is 0. The lowest BCUT2D eigenvalue weighted by atomic mass is 9.92. The molecule has 1 aromatic heterocycles. The van der Waals surface area contributed by atoms with Gasteiger partial charge in [-0.25, -0.2) is 0 Å². The van der Waals surface area contributed by atoms with Crippen molar-refractivity contribution in [2.45, 2.75) is 17.2 Å². The molecular formula is C20H18O5S. The molecule has 3 rings (SSSR count). The molecule has 1 heterocycles. The van der Waals surface area contributed by atoms with Crippen LogP contribution in [0.25, 0.3) is 11.0 Å². The summed E-state index contributed by atoms with van der Waals surface area (Å²) in [7, 11) is 1.30. The van der Waals surface area contributed by atoms with Crippen molar-refractivity contribution in [1.82, 2.24) is 0 Å². The lowest BCUT2D eigenvalue weighted by Gasteiger charge is -2.17. The molecule has 0 aliphatic heterocycles. The standard InChI is InChI=1S/C20H18O5S/c1-24-17(21)11-15(12-7-9-13(26-2)10-8-12)20-19(23)18(22)14-5-3-4-6-16(14)25-20/h3-10,15,23H,11H2,1-2H3/t15-/m0/s1. The second kappa shape index (κ2) is 7.66. The van der Waals surface area contributed by atoms with Crippen LogP contribution in [0.4, 0.5) is 0 Å². The first-order chi connectivity index (χ1) is 12.5. The third-order valence-electron chi connectivity index (χ3n) is 4.23. The number of fused-ring (bicyclic) bond motifs is 1. The van der Waals surface area contributed by atoms with Crippen LogP contribution in [-0.2, 0) is 9.53 Å². The van der Waals surface area contributed by atoms with Gasteiger partial charge in [-0.2, -0.15) is 0 Å². The number of carbonyl (C=O) groups excluding carboxylic acids is 1. The molecule has 0 fully saturated rings. The van der Waals surface area contributed by atoms with Crippen molar-refractivity contribution in [3.05, 3.63) is 70.1 Å². The molecular weight excluding hydrogens is 352 g/mol. The minimum absolute atomic E-state index is 0.0516. The van der Waals surface area contributed by atoms with E-state index in [2.05, 4.69) is 0 Å². The van der Waals surface area contributed by atoms with Crippen molar-refractivity contribution in [2.24, 2.45) is 0 Å². The largest absolute Gasteiger partial charge is 0.502 e. The topological polar surface area (TPSA) is 76.7 Å². The van der Waals surface area contributed by atoms with E-state index < -0.39 is 23.1 Å². The van der Waals surface area contributed by atoms with E-state index >= 15 is 0 Å². The van der Waals surface area contributed by atoms with Gasteiger partial charge in [0.25, 0.3) is 0 Å². The van der Waals surface area contributed by atoms with E-state index in [0.717, 1.165) is 10.5 Å². The van der Waals surface area contributed by atoms with Crippen LogP contribution >= 0.6 is 11.8 Å². The van der Waals surface area contributed by atoms with Crippen LogP contribution in [0.2, 0.25) is 0 Å². The molecule has 134 valence electrons. The fourth-order valence-corrected chi connectivity index (χ4v) is 3.24. The minimum Gasteiger partial charge on any atom is -0.502 e. The molecule has 6 heteroatoms. The van der Waals surface area contributed by atoms with Crippen LogP contribution in [0.3, 0.4) is 0 Å². The summed E-state index contributed by atoms with van der Waals surface area (Å²) < 4.78 is 10.6. The summed E-state index contributed by atoms with van der Waals surface area (Å²) >= 11 is 1.60. The second-order valence-electron chi connectivity index (χ2n) is 5.75. The first-order valence-electron chi connectivity index (χ1n) is 8.00. The summed E-state index contributed by atoms with van der Waals surface area (Å²) in [4.78, 5) is 25.5. The lowest BCUT2D eigenvalue weighted by molar-refractivity contribution is -0.140. The number of para-hydroxylation sites is 1. The van der Waals surface area contributed by atoms with Gasteiger partial charge < -0.3 is 14.3 Å². The number of methoxy groups -OCH3 is 1. The molecule has 0 saturated heterocycles. The number of aromatic hydroxyl groups is 1. The maximum Gasteiger partial charge on any atom is 0.306 e. The molecule has 1 N–H and O–H groups in total. The number of carbonyl (C=O) groups is 1. The molecule has 2 aromatic carbocycles. The summed E-state index contributed by atoms with van der Waals surface area (Å²) in [6, 6.07) is 14.2. The number of hydrogen-bond acceptors (Lipinski definition) is 6. The smallest absolute Gasteiger partial charge is 0.306 e. The number of ether oxygens (including phenoxy) is 1. The molecule has 0 radical (unpaired) electrons. The van der Waals surface area contributed by atoms with Crippen molar-refractivity contribution in [3.8, 4) is 5.75 Å². The second-order valence-corrected chi connectivity index (χ2v) is 6.63. The Labute approximate surface area is 154 Å². The zero-order valence-corrected chi connectivity index (χ0v) is 15.2. The minimum atomic E-state index is -0.629. The highest BCUT2D eigenvalue weighted by atomic mass is 32.2. The van der Waals surface area contributed by atoms with Gasteiger partial charge in [0.15, 0.2) is 5.76 Å². The summed E-state index contributed by atoms with van der Waals surface area (Å²) in [5.74, 6) is -1.50. The predicted molar refractivity (Wildman–Crippen MR) is 101 cm³/mol. The monoisotopic (exact) mass is 370 g/mol. The Balaban J connectivity index is 2.17. The van der Waals surface area contributed by atoms with Gasteiger partial charge in [-0.15, -0.1) is 11.8 Å². The van der Waals surface area contributed by atoms with Gasteiger partial charge in [-0.1, -0.05) is 24.3 Å². The van der Waals surface area contributed by atoms with Crippen LogP contribution in [0.5, 0.6) is 5.75 Å². The van der Waals surface area contributed by atoms with E-state index in [1.165, 1.54) is 7.11 Å². The molecule has 0 unspecified atom stereocenters. The quantitative estimate of drug-likeness (QED) is 0.542. The van der Waals surface area contributed by atoms with Gasteiger partial charge in [0.1, 0.15) is 5.58 Å². The van der Waals surface area contributed by atoms with Gasteiger partial charge in [-0.05, 0) is 36.1 Å². The number of hydrogen-bond donors (Lipinski definition) is 1. The third kappa shape index (κ3) is 3.46. The van der Waals surface area contributed by atoms with Crippen LogP contribution in [0.15, 0.2) is 62.6 Å². The average Bonchev–Trinajstić information content (AvgIpc) is 2.69. The van der Waals surface area contributed by atoms with E-state index in [4.69, 9.17) is 9.15 Å². The van der Waals surface area contributed by atoms with E-state index in [1.54, 1.807) is 36.0 Å². The van der Waals surface area contributed by atoms with Crippen molar-refractivity contribution in [3.63, 3.8) is 0 Å². The zero-order valence-electron chi connectivity index (χ0n) is 14.4. The van der Waals surface area contributed by atoms with Gasteiger partial charge in [0.05, 0.1) is 24.8 Å². The van der Waals surface area contributed by atoms with Crippen LogP contribution in [-0.4, -0.2) is 24.4 Å². The molecule has 0 bridgehead atoms. The normalized spacial score (nSPS) is 12.1. The Morgan fingerprint density at radius 1 is 1.19 bits per heavy atom. The Hall–Kier alpha value is -2.73. The summed E-state index contributed by atoms with van der Waals surface area (Å²) in [6.07, 6.45) is 1.92. The highest BCUT2D eigenvalue weighted by Gasteiger charge is 2.27. The Kier molecular flexibility index (Phi) is 5.32. The molecule has 0 spiro atoms. The number of benzene rings is 2. The van der Waals surface area contributed by atoms with Crippen molar-refractivity contribution in [2.75, 3.05) is 13.4 Å². The summed E-state index contributed by atoms with van der Waals surface area (Å²) in [5, 5.41) is 10.7. The van der Waals surface area contributed by atoms with Crippen molar-refractivity contribution < 1.29 is 19.1 Å². The van der Waals surface area contributed by atoms with Gasteiger partial charge in [0.2, 0.25) is 11.2 Å². The Morgan fingerprint density at radius 3 is 2.54 bits per heavy atom. The maximum atomic E-state index is 12.5. The fraction of sp³-hybridized carbons (Fsp3) is 0.200. The molecule has 1 atom stereocenters. The Morgan fingerprint density at radius 2 is 1.88 bits per heavy atom. The van der Waals surface area contributed by atoms with E-state index in [0.29, 0.717) is 11.0 Å².